The Hall–Kier alpha value is -3.60. The Morgan fingerprint density at radius 1 is 1.02 bits per heavy atom. The van der Waals surface area contributed by atoms with Crippen molar-refractivity contribution in [2.24, 2.45) is 5.10 Å². The minimum absolute atomic E-state index is 0.186. The molecule has 5 rings (SSSR count). The number of hydrogen-bond acceptors (Lipinski definition) is 7. The summed E-state index contributed by atoms with van der Waals surface area (Å²) in [6, 6.07) is 19.4. The van der Waals surface area contributed by atoms with E-state index in [4.69, 9.17) is 4.74 Å². The summed E-state index contributed by atoms with van der Waals surface area (Å²) in [5.41, 5.74) is 2.98. The fourth-order valence-electron chi connectivity index (χ4n) is 4.56. The molecule has 0 atom stereocenters. The first-order valence-corrected chi connectivity index (χ1v) is 15.7. The molecule has 1 amide bonds. The van der Waals surface area contributed by atoms with Gasteiger partial charge in [0.1, 0.15) is 5.75 Å². The minimum atomic E-state index is -3.62. The predicted octanol–water partition coefficient (Wildman–Crippen LogP) is 6.25. The summed E-state index contributed by atoms with van der Waals surface area (Å²) in [6.45, 7) is 5.55. The number of rotatable bonds is 8. The lowest BCUT2D eigenvalue weighted by atomic mass is 10.2. The molecule has 2 heterocycles. The highest BCUT2D eigenvalue weighted by Gasteiger charge is 2.26. The maximum absolute atomic E-state index is 13.8. The standard InChI is InChI=1S/C30H32N4O4S2/c1-3-38-25-13-9-23(10-14-25)21-31-34(30-32-27-17-8-22(2)20-28(27)39-30)29(35)24-11-15-26(16-12-24)40(36,37)33-18-6-4-5-7-19-33/h8-17,20-21H,3-7,18-19H2,1-2H3/b31-21+. The van der Waals surface area contributed by atoms with Gasteiger partial charge in [0.2, 0.25) is 15.2 Å². The molecule has 0 unspecified atom stereocenters. The number of nitrogens with zero attached hydrogens (tertiary/aromatic N) is 4. The van der Waals surface area contributed by atoms with Gasteiger partial charge in [0.15, 0.2) is 0 Å². The Morgan fingerprint density at radius 2 is 1.73 bits per heavy atom. The van der Waals surface area contributed by atoms with Crippen molar-refractivity contribution in [3.63, 3.8) is 0 Å². The third kappa shape index (κ3) is 6.24. The number of hydrazone groups is 1. The summed E-state index contributed by atoms with van der Waals surface area (Å²) >= 11 is 1.37. The molecule has 1 saturated heterocycles. The number of amides is 1. The second kappa shape index (κ2) is 12.3. The van der Waals surface area contributed by atoms with Gasteiger partial charge in [0.05, 0.1) is 27.9 Å². The third-order valence-corrected chi connectivity index (χ3v) is 9.63. The number of aromatic nitrogens is 1. The molecule has 8 nitrogen and oxygen atoms in total. The smallest absolute Gasteiger partial charge is 0.280 e. The number of aryl methyl sites for hydroxylation is 1. The van der Waals surface area contributed by atoms with Gasteiger partial charge in [-0.3, -0.25) is 4.79 Å². The van der Waals surface area contributed by atoms with Crippen LogP contribution in [0.1, 0.15) is 54.1 Å². The molecule has 0 bridgehead atoms. The quantitative estimate of drug-likeness (QED) is 0.183. The van der Waals surface area contributed by atoms with Crippen LogP contribution in [0.25, 0.3) is 10.2 Å². The van der Waals surface area contributed by atoms with Crippen molar-refractivity contribution in [1.29, 1.82) is 0 Å². The molecule has 1 fully saturated rings. The van der Waals surface area contributed by atoms with Crippen LogP contribution in [0.5, 0.6) is 5.75 Å². The van der Waals surface area contributed by atoms with Gasteiger partial charge in [-0.05, 0) is 98.5 Å². The lowest BCUT2D eigenvalue weighted by Gasteiger charge is -2.20. The van der Waals surface area contributed by atoms with Gasteiger partial charge in [0.25, 0.3) is 5.91 Å². The zero-order valence-corrected chi connectivity index (χ0v) is 24.2. The SMILES string of the molecule is CCOc1ccc(/C=N/N(C(=O)c2ccc(S(=O)(=O)N3CCCCCC3)cc2)c2nc3ccc(C)cc3s2)cc1. The summed E-state index contributed by atoms with van der Waals surface area (Å²) in [6.07, 6.45) is 5.40. The van der Waals surface area contributed by atoms with Crippen LogP contribution in [-0.2, 0) is 10.0 Å². The first kappa shape index (κ1) is 27.9. The number of ether oxygens (including phenoxy) is 1. The second-order valence-corrected chi connectivity index (χ2v) is 12.6. The number of carbonyl (C=O) groups is 1. The van der Waals surface area contributed by atoms with Crippen LogP contribution < -0.4 is 9.75 Å². The second-order valence-electron chi connectivity index (χ2n) is 9.67. The molecular formula is C30H32N4O4S2. The number of hydrogen-bond donors (Lipinski definition) is 0. The topological polar surface area (TPSA) is 92.2 Å². The zero-order valence-electron chi connectivity index (χ0n) is 22.6. The Balaban J connectivity index is 1.45. The predicted molar refractivity (Wildman–Crippen MR) is 160 cm³/mol. The molecule has 0 aliphatic carbocycles. The van der Waals surface area contributed by atoms with Gasteiger partial charge in [-0.25, -0.2) is 13.4 Å². The van der Waals surface area contributed by atoms with Crippen LogP contribution in [0.2, 0.25) is 0 Å². The van der Waals surface area contributed by atoms with E-state index in [1.54, 1.807) is 22.7 Å². The molecule has 4 aromatic rings. The normalized spacial score (nSPS) is 14.8. The zero-order chi connectivity index (χ0) is 28.1. The Morgan fingerprint density at radius 3 is 2.40 bits per heavy atom. The molecule has 1 aromatic heterocycles. The maximum Gasteiger partial charge on any atom is 0.280 e. The molecule has 3 aromatic carbocycles. The van der Waals surface area contributed by atoms with E-state index in [1.807, 2.05) is 56.3 Å². The average molecular weight is 577 g/mol. The van der Waals surface area contributed by atoms with Crippen LogP contribution in [0.3, 0.4) is 0 Å². The van der Waals surface area contributed by atoms with Gasteiger partial charge >= 0.3 is 0 Å². The summed E-state index contributed by atoms with van der Waals surface area (Å²) in [5.74, 6) is 0.348. The Kier molecular flexibility index (Phi) is 8.58. The van der Waals surface area contributed by atoms with Crippen LogP contribution in [-0.4, -0.2) is 49.5 Å². The van der Waals surface area contributed by atoms with Crippen molar-refractivity contribution < 1.29 is 17.9 Å². The molecule has 10 heteroatoms. The highest BCUT2D eigenvalue weighted by molar-refractivity contribution is 7.89. The van der Waals surface area contributed by atoms with Gasteiger partial charge in [-0.15, -0.1) is 0 Å². The van der Waals surface area contributed by atoms with Crippen molar-refractivity contribution in [2.75, 3.05) is 24.7 Å². The van der Waals surface area contributed by atoms with Gasteiger partial charge in [-0.2, -0.15) is 14.4 Å². The lowest BCUT2D eigenvalue weighted by molar-refractivity contribution is 0.0987. The molecule has 1 aliphatic heterocycles. The largest absolute Gasteiger partial charge is 0.494 e. The first-order chi connectivity index (χ1) is 19.3. The summed E-state index contributed by atoms with van der Waals surface area (Å²) in [7, 11) is -3.62. The van der Waals surface area contributed by atoms with Crippen molar-refractivity contribution in [3.8, 4) is 5.75 Å². The van der Waals surface area contributed by atoms with E-state index in [0.29, 0.717) is 30.4 Å². The number of anilines is 1. The molecule has 0 N–H and O–H groups in total. The van der Waals surface area contributed by atoms with Crippen LogP contribution in [0, 0.1) is 6.92 Å². The fraction of sp³-hybridized carbons (Fsp3) is 0.300. The Bertz CT molecular complexity index is 1610. The van der Waals surface area contributed by atoms with Gasteiger partial charge in [-0.1, -0.05) is 30.2 Å². The fourth-order valence-corrected chi connectivity index (χ4v) is 7.10. The summed E-state index contributed by atoms with van der Waals surface area (Å²) in [4.78, 5) is 18.6. The van der Waals surface area contributed by atoms with E-state index in [0.717, 1.165) is 52.8 Å². The molecule has 0 saturated carbocycles. The molecule has 0 spiro atoms. The molecule has 208 valence electrons. The van der Waals surface area contributed by atoms with E-state index in [2.05, 4.69) is 10.1 Å². The highest BCUT2D eigenvalue weighted by Crippen LogP contribution is 2.31. The third-order valence-electron chi connectivity index (χ3n) is 6.72. The molecule has 1 aliphatic rings. The van der Waals surface area contributed by atoms with E-state index in [9.17, 15) is 13.2 Å². The highest BCUT2D eigenvalue weighted by atomic mass is 32.2. The first-order valence-electron chi connectivity index (χ1n) is 13.4. The summed E-state index contributed by atoms with van der Waals surface area (Å²) < 4.78 is 34.4. The number of sulfonamides is 1. The number of carbonyl (C=O) groups excluding carboxylic acids is 1. The van der Waals surface area contributed by atoms with Crippen molar-refractivity contribution in [3.05, 3.63) is 83.4 Å². The Labute approximate surface area is 239 Å². The van der Waals surface area contributed by atoms with E-state index >= 15 is 0 Å². The van der Waals surface area contributed by atoms with Gasteiger partial charge < -0.3 is 4.74 Å². The van der Waals surface area contributed by atoms with E-state index in [1.165, 1.54) is 28.5 Å². The molecule has 40 heavy (non-hydrogen) atoms. The monoisotopic (exact) mass is 576 g/mol. The van der Waals surface area contributed by atoms with Crippen LogP contribution in [0.15, 0.2) is 76.7 Å². The maximum atomic E-state index is 13.8. The van der Waals surface area contributed by atoms with E-state index in [-0.39, 0.29) is 4.90 Å². The van der Waals surface area contributed by atoms with E-state index < -0.39 is 15.9 Å². The molecular weight excluding hydrogens is 544 g/mol. The van der Waals surface area contributed by atoms with Crippen LogP contribution >= 0.6 is 11.3 Å². The number of benzene rings is 3. The molecule has 0 radical (unpaired) electrons. The lowest BCUT2D eigenvalue weighted by Crippen LogP contribution is -2.32. The minimum Gasteiger partial charge on any atom is -0.494 e. The summed E-state index contributed by atoms with van der Waals surface area (Å²) in [5, 5.41) is 6.23. The van der Waals surface area contributed by atoms with Crippen molar-refractivity contribution >= 4 is 48.8 Å². The number of fused-ring (bicyclic) bond motifs is 1. The van der Waals surface area contributed by atoms with Crippen molar-refractivity contribution in [2.45, 2.75) is 44.4 Å². The average Bonchev–Trinajstić information content (AvgIpc) is 3.16. The van der Waals surface area contributed by atoms with Crippen LogP contribution in [0.4, 0.5) is 5.13 Å². The van der Waals surface area contributed by atoms with Gasteiger partial charge in [0, 0.05) is 18.7 Å². The van der Waals surface area contributed by atoms with Crippen molar-refractivity contribution in [1.82, 2.24) is 9.29 Å². The number of thiazole rings is 1.